The Bertz CT molecular complexity index is 553. The monoisotopic (exact) mass is 297 g/mol. The molecule has 0 aromatic carbocycles. The number of aromatic nitrogens is 1. The summed E-state index contributed by atoms with van der Waals surface area (Å²) in [5.41, 5.74) is 0.198. The number of anilines is 1. The van der Waals surface area contributed by atoms with Crippen molar-refractivity contribution in [3.63, 3.8) is 0 Å². The van der Waals surface area contributed by atoms with Crippen LogP contribution in [0.2, 0.25) is 0 Å². The fourth-order valence-electron chi connectivity index (χ4n) is 2.09. The summed E-state index contributed by atoms with van der Waals surface area (Å²) in [4.78, 5) is 4.40. The largest absolute Gasteiger partial charge is 0.370 e. The van der Waals surface area contributed by atoms with Crippen LogP contribution in [0.25, 0.3) is 0 Å². The van der Waals surface area contributed by atoms with Gasteiger partial charge in [-0.15, -0.1) is 0 Å². The van der Waals surface area contributed by atoms with E-state index in [4.69, 9.17) is 0 Å². The number of sulfonamides is 1. The van der Waals surface area contributed by atoms with Gasteiger partial charge in [0.1, 0.15) is 5.82 Å². The first-order valence-electron chi connectivity index (χ1n) is 7.21. The summed E-state index contributed by atoms with van der Waals surface area (Å²) in [6.45, 7) is 5.48. The molecule has 1 aliphatic carbocycles. The van der Waals surface area contributed by atoms with Gasteiger partial charge in [-0.1, -0.05) is 13.8 Å². The fourth-order valence-corrected chi connectivity index (χ4v) is 3.26. The van der Waals surface area contributed by atoms with Gasteiger partial charge in [0.05, 0.1) is 4.90 Å². The third-order valence-corrected chi connectivity index (χ3v) is 5.34. The van der Waals surface area contributed by atoms with Crippen LogP contribution in [0, 0.1) is 5.41 Å². The number of nitrogens with one attached hydrogen (secondary N) is 2. The van der Waals surface area contributed by atoms with Gasteiger partial charge in [-0.3, -0.25) is 0 Å². The van der Waals surface area contributed by atoms with Crippen molar-refractivity contribution in [3.8, 4) is 0 Å². The van der Waals surface area contributed by atoms with E-state index in [1.807, 2.05) is 0 Å². The van der Waals surface area contributed by atoms with Crippen LogP contribution in [0.4, 0.5) is 5.82 Å². The molecular weight excluding hydrogens is 274 g/mol. The van der Waals surface area contributed by atoms with Crippen LogP contribution in [-0.4, -0.2) is 26.5 Å². The summed E-state index contributed by atoms with van der Waals surface area (Å²) in [6.07, 6.45) is 5.75. The average molecular weight is 297 g/mol. The lowest BCUT2D eigenvalue weighted by atomic mass is 10.1. The lowest BCUT2D eigenvalue weighted by molar-refractivity contribution is 0.475. The first-order chi connectivity index (χ1) is 9.51. The molecule has 1 aromatic rings. The molecule has 5 nitrogen and oxygen atoms in total. The van der Waals surface area contributed by atoms with Crippen molar-refractivity contribution >= 4 is 15.8 Å². The molecule has 1 fully saturated rings. The lowest BCUT2D eigenvalue weighted by Crippen LogP contribution is -2.30. The zero-order chi connectivity index (χ0) is 14.6. The maximum Gasteiger partial charge on any atom is 0.240 e. The molecule has 1 aromatic heterocycles. The topological polar surface area (TPSA) is 71.1 Å². The van der Waals surface area contributed by atoms with Gasteiger partial charge in [0, 0.05) is 25.4 Å². The van der Waals surface area contributed by atoms with E-state index in [1.165, 1.54) is 12.3 Å². The van der Waals surface area contributed by atoms with Crippen molar-refractivity contribution in [3.05, 3.63) is 18.3 Å². The number of hydrogen-bond donors (Lipinski definition) is 2. The minimum atomic E-state index is -3.44. The summed E-state index contributed by atoms with van der Waals surface area (Å²) >= 11 is 0. The SMILES string of the molecule is CCCNc1cc(S(=O)(=O)NCC2(CC)CC2)ccn1. The zero-order valence-corrected chi connectivity index (χ0v) is 13.0. The van der Waals surface area contributed by atoms with E-state index in [-0.39, 0.29) is 10.3 Å². The Morgan fingerprint density at radius 3 is 2.70 bits per heavy atom. The second-order valence-corrected chi connectivity index (χ2v) is 7.25. The van der Waals surface area contributed by atoms with Gasteiger partial charge in [0.25, 0.3) is 0 Å². The first kappa shape index (κ1) is 15.3. The van der Waals surface area contributed by atoms with Gasteiger partial charge >= 0.3 is 0 Å². The molecular formula is C14H23N3O2S. The molecule has 0 radical (unpaired) electrons. The Balaban J connectivity index is 2.04. The maximum absolute atomic E-state index is 12.3. The zero-order valence-electron chi connectivity index (χ0n) is 12.1. The number of nitrogens with zero attached hydrogens (tertiary/aromatic N) is 1. The fraction of sp³-hybridized carbons (Fsp3) is 0.643. The Labute approximate surface area is 121 Å². The molecule has 0 spiro atoms. The highest BCUT2D eigenvalue weighted by molar-refractivity contribution is 7.89. The summed E-state index contributed by atoms with van der Waals surface area (Å²) in [5.74, 6) is 0.603. The van der Waals surface area contributed by atoms with E-state index >= 15 is 0 Å². The predicted octanol–water partition coefficient (Wildman–Crippen LogP) is 2.37. The quantitative estimate of drug-likeness (QED) is 0.773. The highest BCUT2D eigenvalue weighted by Gasteiger charge is 2.41. The number of hydrogen-bond acceptors (Lipinski definition) is 4. The Hall–Kier alpha value is -1.14. The Kier molecular flexibility index (Phi) is 4.65. The predicted molar refractivity (Wildman–Crippen MR) is 80.2 cm³/mol. The van der Waals surface area contributed by atoms with Gasteiger partial charge < -0.3 is 5.32 Å². The van der Waals surface area contributed by atoms with Crippen LogP contribution in [0.5, 0.6) is 0 Å². The Morgan fingerprint density at radius 2 is 2.10 bits per heavy atom. The molecule has 0 unspecified atom stereocenters. The molecule has 1 saturated carbocycles. The van der Waals surface area contributed by atoms with Crippen LogP contribution in [-0.2, 0) is 10.0 Å². The summed E-state index contributed by atoms with van der Waals surface area (Å²) < 4.78 is 27.3. The number of rotatable bonds is 8. The standard InChI is InChI=1S/C14H23N3O2S/c1-3-8-15-13-10-12(5-9-16-13)20(18,19)17-11-14(4-2)6-7-14/h5,9-10,17H,3-4,6-8,11H2,1-2H3,(H,15,16). The molecule has 1 heterocycles. The van der Waals surface area contributed by atoms with Crippen LogP contribution >= 0.6 is 0 Å². The van der Waals surface area contributed by atoms with E-state index in [0.717, 1.165) is 32.2 Å². The molecule has 0 bridgehead atoms. The molecule has 2 rings (SSSR count). The maximum atomic E-state index is 12.3. The third kappa shape index (κ3) is 3.70. The minimum Gasteiger partial charge on any atom is -0.370 e. The average Bonchev–Trinajstić information content (AvgIpc) is 3.24. The summed E-state index contributed by atoms with van der Waals surface area (Å²) in [7, 11) is -3.44. The van der Waals surface area contributed by atoms with Crippen molar-refractivity contribution < 1.29 is 8.42 Å². The molecule has 6 heteroatoms. The van der Waals surface area contributed by atoms with E-state index < -0.39 is 10.0 Å². The van der Waals surface area contributed by atoms with Gasteiger partial charge in [-0.2, -0.15) is 0 Å². The molecule has 112 valence electrons. The van der Waals surface area contributed by atoms with E-state index in [9.17, 15) is 8.42 Å². The van der Waals surface area contributed by atoms with Gasteiger partial charge in [-0.25, -0.2) is 18.1 Å². The Morgan fingerprint density at radius 1 is 1.35 bits per heavy atom. The lowest BCUT2D eigenvalue weighted by Gasteiger charge is -2.14. The molecule has 20 heavy (non-hydrogen) atoms. The van der Waals surface area contributed by atoms with Gasteiger partial charge in [0.15, 0.2) is 0 Å². The first-order valence-corrected chi connectivity index (χ1v) is 8.69. The van der Waals surface area contributed by atoms with E-state index in [2.05, 4.69) is 28.9 Å². The smallest absolute Gasteiger partial charge is 0.240 e. The van der Waals surface area contributed by atoms with E-state index in [1.54, 1.807) is 6.07 Å². The van der Waals surface area contributed by atoms with Crippen molar-refractivity contribution in [2.45, 2.75) is 44.4 Å². The number of pyridine rings is 1. The molecule has 0 atom stereocenters. The molecule has 0 amide bonds. The summed E-state index contributed by atoms with van der Waals surface area (Å²) in [5, 5.41) is 3.10. The van der Waals surface area contributed by atoms with E-state index in [0.29, 0.717) is 12.4 Å². The third-order valence-electron chi connectivity index (χ3n) is 3.94. The van der Waals surface area contributed by atoms with Crippen LogP contribution in [0.15, 0.2) is 23.2 Å². The van der Waals surface area contributed by atoms with Gasteiger partial charge in [0.2, 0.25) is 10.0 Å². The highest BCUT2D eigenvalue weighted by atomic mass is 32.2. The normalized spacial score (nSPS) is 16.9. The molecule has 2 N–H and O–H groups in total. The summed E-state index contributed by atoms with van der Waals surface area (Å²) in [6, 6.07) is 3.12. The minimum absolute atomic E-state index is 0.198. The molecule has 0 aliphatic heterocycles. The van der Waals surface area contributed by atoms with Crippen molar-refractivity contribution in [1.82, 2.24) is 9.71 Å². The second kappa shape index (κ2) is 6.10. The molecule has 0 saturated heterocycles. The van der Waals surface area contributed by atoms with Crippen LogP contribution < -0.4 is 10.0 Å². The van der Waals surface area contributed by atoms with Crippen LogP contribution in [0.3, 0.4) is 0 Å². The van der Waals surface area contributed by atoms with Crippen molar-refractivity contribution in [2.24, 2.45) is 5.41 Å². The molecule has 1 aliphatic rings. The van der Waals surface area contributed by atoms with Crippen molar-refractivity contribution in [2.75, 3.05) is 18.4 Å². The van der Waals surface area contributed by atoms with Crippen molar-refractivity contribution in [1.29, 1.82) is 0 Å². The second-order valence-electron chi connectivity index (χ2n) is 5.48. The van der Waals surface area contributed by atoms with Crippen LogP contribution in [0.1, 0.15) is 39.5 Å². The van der Waals surface area contributed by atoms with Gasteiger partial charge in [-0.05, 0) is 37.2 Å². The highest BCUT2D eigenvalue weighted by Crippen LogP contribution is 2.48.